The van der Waals surface area contributed by atoms with Crippen molar-refractivity contribution in [3.8, 4) is 11.3 Å². The number of fused-ring (bicyclic) bond motifs is 2. The highest BCUT2D eigenvalue weighted by Gasteiger charge is 2.13. The van der Waals surface area contributed by atoms with Crippen LogP contribution in [-0.2, 0) is 17.8 Å². The molecule has 0 amide bonds. The highest BCUT2D eigenvalue weighted by atomic mass is 16.5. The number of esters is 1. The number of aromatic nitrogens is 5. The summed E-state index contributed by atoms with van der Waals surface area (Å²) < 4.78 is 7.03. The maximum absolute atomic E-state index is 12.3. The number of rotatable bonds is 8. The van der Waals surface area contributed by atoms with Crippen molar-refractivity contribution in [3.05, 3.63) is 113 Å². The van der Waals surface area contributed by atoms with Gasteiger partial charge in [0.1, 0.15) is 5.52 Å². The maximum atomic E-state index is 12.3. The van der Waals surface area contributed by atoms with E-state index >= 15 is 0 Å². The van der Waals surface area contributed by atoms with Crippen LogP contribution in [0.4, 0.5) is 5.69 Å². The molecule has 198 valence electrons. The second-order valence-corrected chi connectivity index (χ2v) is 9.58. The average Bonchev–Trinajstić information content (AvgIpc) is 3.38. The molecule has 40 heavy (non-hydrogen) atoms. The number of carbonyl (C=O) groups excluding carboxylic acids is 1. The van der Waals surface area contributed by atoms with Crippen LogP contribution >= 0.6 is 0 Å². The molecule has 3 heterocycles. The Kier molecular flexibility index (Phi) is 6.89. The highest BCUT2D eigenvalue weighted by molar-refractivity contribution is 5.95. The van der Waals surface area contributed by atoms with Crippen molar-refractivity contribution in [2.24, 2.45) is 0 Å². The van der Waals surface area contributed by atoms with Crippen LogP contribution in [0.25, 0.3) is 33.3 Å². The summed E-state index contributed by atoms with van der Waals surface area (Å²) in [6, 6.07) is 27.8. The third-order valence-corrected chi connectivity index (χ3v) is 6.89. The normalized spacial score (nSPS) is 11.2. The molecule has 8 nitrogen and oxygen atoms in total. The summed E-state index contributed by atoms with van der Waals surface area (Å²) in [7, 11) is 0. The van der Waals surface area contributed by atoms with Gasteiger partial charge >= 0.3 is 5.97 Å². The molecule has 0 radical (unpaired) electrons. The highest BCUT2D eigenvalue weighted by Crippen LogP contribution is 2.25. The van der Waals surface area contributed by atoms with E-state index in [2.05, 4.69) is 63.9 Å². The number of aryl methyl sites for hydroxylation is 1. The number of ether oxygens (including phenoxy) is 1. The first kappa shape index (κ1) is 25.2. The molecule has 3 aromatic heterocycles. The van der Waals surface area contributed by atoms with Crippen molar-refractivity contribution in [1.29, 1.82) is 0 Å². The Hall–Kier alpha value is -5.11. The van der Waals surface area contributed by atoms with Crippen molar-refractivity contribution in [2.75, 3.05) is 11.9 Å². The molecule has 0 bridgehead atoms. The number of hydrogen-bond donors (Lipinski definition) is 1. The van der Waals surface area contributed by atoms with Crippen molar-refractivity contribution in [3.63, 3.8) is 0 Å². The fraction of sp³-hybridized carbons (Fsp3) is 0.156. The SMILES string of the molecule is CCOC(=O)c1ccccc1NCc1ccc(-c2ccc3nnn(Cc4ccc5ncccc5c4)c3n2)cc1C. The van der Waals surface area contributed by atoms with E-state index in [4.69, 9.17) is 9.72 Å². The van der Waals surface area contributed by atoms with Crippen molar-refractivity contribution in [2.45, 2.75) is 26.9 Å². The monoisotopic (exact) mass is 528 g/mol. The number of nitrogens with zero attached hydrogens (tertiary/aromatic N) is 5. The zero-order valence-electron chi connectivity index (χ0n) is 22.3. The van der Waals surface area contributed by atoms with E-state index < -0.39 is 0 Å². The van der Waals surface area contributed by atoms with Crippen LogP contribution in [0.3, 0.4) is 0 Å². The predicted molar refractivity (Wildman–Crippen MR) is 156 cm³/mol. The molecule has 0 atom stereocenters. The van der Waals surface area contributed by atoms with Crippen molar-refractivity contribution in [1.82, 2.24) is 25.0 Å². The van der Waals surface area contributed by atoms with Crippen molar-refractivity contribution < 1.29 is 9.53 Å². The fourth-order valence-corrected chi connectivity index (χ4v) is 4.79. The van der Waals surface area contributed by atoms with Gasteiger partial charge in [-0.25, -0.2) is 14.5 Å². The van der Waals surface area contributed by atoms with Gasteiger partial charge in [-0.15, -0.1) is 5.10 Å². The zero-order valence-corrected chi connectivity index (χ0v) is 22.3. The Morgan fingerprint density at radius 3 is 2.70 bits per heavy atom. The predicted octanol–water partition coefficient (Wildman–Crippen LogP) is 6.19. The molecule has 1 N–H and O–H groups in total. The number of hydrogen-bond acceptors (Lipinski definition) is 7. The number of pyridine rings is 2. The molecular weight excluding hydrogens is 500 g/mol. The molecular formula is C32H28N6O2. The van der Waals surface area contributed by atoms with Crippen LogP contribution in [0.5, 0.6) is 0 Å². The molecule has 6 aromatic rings. The summed E-state index contributed by atoms with van der Waals surface area (Å²) >= 11 is 0. The first-order valence-corrected chi connectivity index (χ1v) is 13.2. The molecule has 0 spiro atoms. The van der Waals surface area contributed by atoms with Gasteiger partial charge in [-0.1, -0.05) is 41.6 Å². The topological polar surface area (TPSA) is 94.8 Å². The lowest BCUT2D eigenvalue weighted by Crippen LogP contribution is -2.10. The van der Waals surface area contributed by atoms with Crippen LogP contribution in [0.1, 0.15) is 34.0 Å². The van der Waals surface area contributed by atoms with E-state index in [-0.39, 0.29) is 5.97 Å². The molecule has 0 fully saturated rings. The molecule has 8 heteroatoms. The Balaban J connectivity index is 1.22. The lowest BCUT2D eigenvalue weighted by atomic mass is 10.0. The smallest absolute Gasteiger partial charge is 0.340 e. The minimum atomic E-state index is -0.328. The fourth-order valence-electron chi connectivity index (χ4n) is 4.79. The first-order chi connectivity index (χ1) is 19.6. The van der Waals surface area contributed by atoms with E-state index in [1.54, 1.807) is 19.2 Å². The standard InChI is InChI=1S/C32H28N6O2/c1-3-40-32(39)26-8-4-5-9-29(26)34-19-25-12-11-24(17-21(25)2)28-14-15-30-31(35-28)38(37-36-30)20-22-10-13-27-23(18-22)7-6-16-33-27/h4-18,34H,3,19-20H2,1-2H3. The van der Waals surface area contributed by atoms with E-state index in [0.717, 1.165) is 55.7 Å². The van der Waals surface area contributed by atoms with E-state index in [1.165, 1.54) is 0 Å². The molecule has 0 unspecified atom stereocenters. The molecule has 0 saturated carbocycles. The van der Waals surface area contributed by atoms with Crippen LogP contribution in [0.15, 0.2) is 91.1 Å². The van der Waals surface area contributed by atoms with Gasteiger partial charge in [0.2, 0.25) is 0 Å². The summed E-state index contributed by atoms with van der Waals surface area (Å²) in [5.74, 6) is -0.328. The molecule has 0 aliphatic rings. The summed E-state index contributed by atoms with van der Waals surface area (Å²) in [5.41, 5.74) is 8.96. The number of carbonyl (C=O) groups is 1. The Labute approximate surface area is 231 Å². The van der Waals surface area contributed by atoms with Crippen LogP contribution in [-0.4, -0.2) is 37.5 Å². The Bertz CT molecular complexity index is 1850. The summed E-state index contributed by atoms with van der Waals surface area (Å²) in [6.07, 6.45) is 1.80. The Morgan fingerprint density at radius 2 is 1.82 bits per heavy atom. The summed E-state index contributed by atoms with van der Waals surface area (Å²) in [6.45, 7) is 5.36. The average molecular weight is 529 g/mol. The van der Waals surface area contributed by atoms with Gasteiger partial charge in [0.15, 0.2) is 5.65 Å². The van der Waals surface area contributed by atoms with Gasteiger partial charge in [0.25, 0.3) is 0 Å². The second-order valence-electron chi connectivity index (χ2n) is 9.58. The van der Waals surface area contributed by atoms with Crippen LogP contribution < -0.4 is 5.32 Å². The maximum Gasteiger partial charge on any atom is 0.340 e. The van der Waals surface area contributed by atoms with Gasteiger partial charge < -0.3 is 10.1 Å². The van der Waals surface area contributed by atoms with Crippen LogP contribution in [0, 0.1) is 6.92 Å². The lowest BCUT2D eigenvalue weighted by molar-refractivity contribution is 0.0527. The quantitative estimate of drug-likeness (QED) is 0.236. The van der Waals surface area contributed by atoms with Gasteiger partial charge in [-0.3, -0.25) is 4.98 Å². The second kappa shape index (κ2) is 10.9. The number of benzene rings is 3. The van der Waals surface area contributed by atoms with Gasteiger partial charge in [-0.2, -0.15) is 0 Å². The molecule has 6 rings (SSSR count). The number of nitrogens with one attached hydrogen (secondary N) is 1. The third-order valence-electron chi connectivity index (χ3n) is 6.89. The third kappa shape index (κ3) is 5.11. The van der Waals surface area contributed by atoms with Gasteiger partial charge in [0.05, 0.1) is 29.9 Å². The minimum Gasteiger partial charge on any atom is -0.462 e. The molecule has 0 aliphatic heterocycles. The van der Waals surface area contributed by atoms with E-state index in [0.29, 0.717) is 25.3 Å². The van der Waals surface area contributed by atoms with Crippen molar-refractivity contribution >= 4 is 33.7 Å². The number of anilines is 1. The van der Waals surface area contributed by atoms with Crippen LogP contribution in [0.2, 0.25) is 0 Å². The first-order valence-electron chi connectivity index (χ1n) is 13.2. The van der Waals surface area contributed by atoms with E-state index in [1.807, 2.05) is 47.1 Å². The van der Waals surface area contributed by atoms with Gasteiger partial charge in [0, 0.05) is 29.4 Å². The molecule has 3 aromatic carbocycles. The minimum absolute atomic E-state index is 0.328. The number of para-hydroxylation sites is 1. The summed E-state index contributed by atoms with van der Waals surface area (Å²) in [4.78, 5) is 21.7. The summed E-state index contributed by atoms with van der Waals surface area (Å²) in [5, 5.41) is 13.2. The molecule has 0 saturated heterocycles. The largest absolute Gasteiger partial charge is 0.462 e. The van der Waals surface area contributed by atoms with E-state index in [9.17, 15) is 4.79 Å². The van der Waals surface area contributed by atoms with Gasteiger partial charge in [-0.05, 0) is 79.1 Å². The molecule has 0 aliphatic carbocycles. The Morgan fingerprint density at radius 1 is 0.950 bits per heavy atom. The lowest BCUT2D eigenvalue weighted by Gasteiger charge is -2.13. The zero-order chi connectivity index (χ0) is 27.5.